The summed E-state index contributed by atoms with van der Waals surface area (Å²) in [5.41, 5.74) is 7.41. The van der Waals surface area contributed by atoms with Crippen LogP contribution >= 0.6 is 0 Å². The van der Waals surface area contributed by atoms with Crippen LogP contribution in [0.15, 0.2) is 73.1 Å². The van der Waals surface area contributed by atoms with E-state index in [2.05, 4.69) is 78.2 Å². The molecule has 3 rings (SSSR count). The van der Waals surface area contributed by atoms with Gasteiger partial charge in [-0.2, -0.15) is 0 Å². The largest absolute Gasteiger partial charge is 0.361 e. The minimum Gasteiger partial charge on any atom is -0.361 e. The van der Waals surface area contributed by atoms with Crippen molar-refractivity contribution in [1.82, 2.24) is 15.4 Å². The van der Waals surface area contributed by atoms with Crippen LogP contribution in [0, 0.1) is 0 Å². The number of benzene rings is 2. The van der Waals surface area contributed by atoms with Crippen LogP contribution in [0.4, 0.5) is 0 Å². The van der Waals surface area contributed by atoms with Crippen LogP contribution < -0.4 is 5.48 Å². The maximum atomic E-state index is 8.73. The molecule has 1 aromatic heterocycles. The van der Waals surface area contributed by atoms with Crippen molar-refractivity contribution in [3.8, 4) is 0 Å². The highest BCUT2D eigenvalue weighted by molar-refractivity contribution is 5.83. The van der Waals surface area contributed by atoms with Crippen LogP contribution in [-0.2, 0) is 13.0 Å². The van der Waals surface area contributed by atoms with E-state index in [0.717, 1.165) is 25.1 Å². The lowest BCUT2D eigenvalue weighted by atomic mass is 10.1. The Morgan fingerprint density at radius 3 is 2.73 bits per heavy atom. The number of allylic oxidation sites excluding steroid dienone is 1. The van der Waals surface area contributed by atoms with Crippen molar-refractivity contribution >= 4 is 17.0 Å². The van der Waals surface area contributed by atoms with Gasteiger partial charge in [-0.1, -0.05) is 55.1 Å². The molecule has 0 aliphatic carbocycles. The lowest BCUT2D eigenvalue weighted by molar-refractivity contribution is 0.205. The van der Waals surface area contributed by atoms with Gasteiger partial charge < -0.3 is 9.88 Å². The Bertz CT molecular complexity index is 893. The van der Waals surface area contributed by atoms with Gasteiger partial charge in [0.25, 0.3) is 0 Å². The maximum absolute atomic E-state index is 8.73. The number of hydrogen-bond acceptors (Lipinski definition) is 3. The molecule has 3 aromatic rings. The molecular weight excluding hydrogens is 322 g/mol. The Hall–Kier alpha value is -2.82. The molecule has 0 bridgehead atoms. The first-order valence-corrected chi connectivity index (χ1v) is 8.75. The third kappa shape index (κ3) is 4.63. The second-order valence-corrected chi connectivity index (χ2v) is 6.56. The molecule has 0 spiro atoms. The average molecular weight is 347 g/mol. The predicted octanol–water partition coefficient (Wildman–Crippen LogP) is 4.35. The number of nitrogens with zero attached hydrogens (tertiary/aromatic N) is 1. The van der Waals surface area contributed by atoms with Crippen LogP contribution in [0.1, 0.15) is 16.7 Å². The topological polar surface area (TPSA) is 51.3 Å². The average Bonchev–Trinajstić information content (AvgIpc) is 3.09. The molecule has 0 saturated heterocycles. The molecule has 2 aromatic carbocycles. The van der Waals surface area contributed by atoms with Crippen molar-refractivity contribution in [2.24, 2.45) is 0 Å². The van der Waals surface area contributed by atoms with E-state index in [1.54, 1.807) is 6.08 Å². The van der Waals surface area contributed by atoms with Crippen molar-refractivity contribution in [2.45, 2.75) is 13.0 Å². The van der Waals surface area contributed by atoms with Gasteiger partial charge in [-0.15, -0.1) is 0 Å². The summed E-state index contributed by atoms with van der Waals surface area (Å²) in [6.45, 7) is 5.57. The molecule has 3 N–H and O–H groups in total. The Balaban J connectivity index is 1.54. The number of rotatable bonds is 8. The van der Waals surface area contributed by atoms with Crippen LogP contribution in [0.5, 0.6) is 0 Å². The molecule has 0 atom stereocenters. The predicted molar refractivity (Wildman–Crippen MR) is 108 cm³/mol. The zero-order chi connectivity index (χ0) is 18.4. The lowest BCUT2D eigenvalue weighted by Gasteiger charge is -2.16. The standard InChI is InChI=1S/C22H25N3O/c1-17(24-26)7-8-18-9-11-19(12-10-18)16-25(2)14-13-20-15-23-22-6-4-3-5-21(20)22/h3-12,15,23-24,26H,1,13-14,16H2,2H3/b8-7+. The number of fused-ring (bicyclic) bond motifs is 1. The van der Waals surface area contributed by atoms with Gasteiger partial charge in [0.2, 0.25) is 0 Å². The van der Waals surface area contributed by atoms with Gasteiger partial charge >= 0.3 is 0 Å². The Morgan fingerprint density at radius 2 is 1.96 bits per heavy atom. The quantitative estimate of drug-likeness (QED) is 0.419. The fraction of sp³-hybridized carbons (Fsp3) is 0.182. The van der Waals surface area contributed by atoms with Gasteiger partial charge in [0, 0.05) is 30.2 Å². The van der Waals surface area contributed by atoms with E-state index in [-0.39, 0.29) is 0 Å². The third-order valence-electron chi connectivity index (χ3n) is 4.49. The fourth-order valence-electron chi connectivity index (χ4n) is 3.01. The van der Waals surface area contributed by atoms with Gasteiger partial charge in [0.1, 0.15) is 0 Å². The van der Waals surface area contributed by atoms with E-state index in [0.29, 0.717) is 5.70 Å². The van der Waals surface area contributed by atoms with Crippen LogP contribution in [0.2, 0.25) is 0 Å². The van der Waals surface area contributed by atoms with Crippen molar-refractivity contribution < 1.29 is 5.21 Å². The molecule has 134 valence electrons. The second kappa shape index (κ2) is 8.52. The number of hydroxylamine groups is 1. The van der Waals surface area contributed by atoms with Crippen LogP contribution in [0.3, 0.4) is 0 Å². The first-order valence-electron chi connectivity index (χ1n) is 8.75. The summed E-state index contributed by atoms with van der Waals surface area (Å²) in [6, 6.07) is 16.9. The van der Waals surface area contributed by atoms with E-state index in [1.165, 1.54) is 22.0 Å². The summed E-state index contributed by atoms with van der Waals surface area (Å²) in [6.07, 6.45) is 6.80. The monoisotopic (exact) mass is 347 g/mol. The zero-order valence-corrected chi connectivity index (χ0v) is 15.1. The van der Waals surface area contributed by atoms with Gasteiger partial charge in [-0.25, -0.2) is 0 Å². The van der Waals surface area contributed by atoms with E-state index in [4.69, 9.17) is 5.21 Å². The van der Waals surface area contributed by atoms with Crippen LogP contribution in [0.25, 0.3) is 17.0 Å². The highest BCUT2D eigenvalue weighted by Gasteiger charge is 2.05. The molecule has 4 nitrogen and oxygen atoms in total. The number of para-hydroxylation sites is 1. The summed E-state index contributed by atoms with van der Waals surface area (Å²) in [5, 5.41) is 10.0. The highest BCUT2D eigenvalue weighted by atomic mass is 16.5. The number of aromatic nitrogens is 1. The summed E-state index contributed by atoms with van der Waals surface area (Å²) in [4.78, 5) is 5.68. The van der Waals surface area contributed by atoms with E-state index in [9.17, 15) is 0 Å². The minimum absolute atomic E-state index is 0.464. The first-order chi connectivity index (χ1) is 12.7. The molecular formula is C22H25N3O. The summed E-state index contributed by atoms with van der Waals surface area (Å²) < 4.78 is 0. The van der Waals surface area contributed by atoms with Crippen LogP contribution in [-0.4, -0.2) is 28.7 Å². The van der Waals surface area contributed by atoms with Gasteiger partial charge in [0.15, 0.2) is 0 Å². The number of hydrogen-bond donors (Lipinski definition) is 3. The van der Waals surface area contributed by atoms with Crippen molar-refractivity contribution in [3.05, 3.63) is 89.8 Å². The molecule has 4 heteroatoms. The molecule has 0 fully saturated rings. The minimum atomic E-state index is 0.464. The Labute approximate surface area is 154 Å². The third-order valence-corrected chi connectivity index (χ3v) is 4.49. The molecule has 0 aliphatic heterocycles. The number of likely N-dealkylation sites (N-methyl/N-ethyl adjacent to an activating group) is 1. The lowest BCUT2D eigenvalue weighted by Crippen LogP contribution is -2.20. The Morgan fingerprint density at radius 1 is 1.19 bits per heavy atom. The van der Waals surface area contributed by atoms with Gasteiger partial charge in [-0.05, 0) is 42.3 Å². The van der Waals surface area contributed by atoms with E-state index >= 15 is 0 Å². The van der Waals surface area contributed by atoms with Gasteiger partial charge in [0.05, 0.1) is 5.70 Å². The molecule has 0 unspecified atom stereocenters. The maximum Gasteiger partial charge on any atom is 0.0530 e. The summed E-state index contributed by atoms with van der Waals surface area (Å²) in [7, 11) is 2.15. The molecule has 0 radical (unpaired) electrons. The molecule has 0 saturated carbocycles. The Kier molecular flexibility index (Phi) is 5.89. The van der Waals surface area contributed by atoms with Gasteiger partial charge in [-0.3, -0.25) is 10.7 Å². The fourth-order valence-corrected chi connectivity index (χ4v) is 3.01. The van der Waals surface area contributed by atoms with Crippen molar-refractivity contribution in [1.29, 1.82) is 0 Å². The molecule has 26 heavy (non-hydrogen) atoms. The molecule has 0 aliphatic rings. The normalized spacial score (nSPS) is 11.5. The summed E-state index contributed by atoms with van der Waals surface area (Å²) >= 11 is 0. The summed E-state index contributed by atoms with van der Waals surface area (Å²) in [5.74, 6) is 0. The van der Waals surface area contributed by atoms with E-state index in [1.807, 2.05) is 11.6 Å². The molecule has 1 heterocycles. The highest BCUT2D eigenvalue weighted by Crippen LogP contribution is 2.18. The van der Waals surface area contributed by atoms with E-state index < -0.39 is 0 Å². The van der Waals surface area contributed by atoms with Crippen molar-refractivity contribution in [3.63, 3.8) is 0 Å². The SMILES string of the molecule is C=C(/C=C/c1ccc(CN(C)CCc2c[nH]c3ccccc23)cc1)NO. The smallest absolute Gasteiger partial charge is 0.0530 e. The first kappa shape index (κ1) is 18.0. The number of nitrogens with one attached hydrogen (secondary N) is 2. The second-order valence-electron chi connectivity index (χ2n) is 6.56. The number of H-pyrrole nitrogens is 1. The molecule has 0 amide bonds. The number of aromatic amines is 1. The van der Waals surface area contributed by atoms with Crippen molar-refractivity contribution in [2.75, 3.05) is 13.6 Å². The zero-order valence-electron chi connectivity index (χ0n) is 15.1.